The fraction of sp³-hybridized carbons (Fsp3) is 0.167. The molecule has 0 aliphatic rings. The van der Waals surface area contributed by atoms with Crippen LogP contribution in [0.4, 0.5) is 4.39 Å². The van der Waals surface area contributed by atoms with Crippen molar-refractivity contribution in [1.82, 2.24) is 14.9 Å². The van der Waals surface area contributed by atoms with Crippen molar-refractivity contribution in [3.05, 3.63) is 70.5 Å². The van der Waals surface area contributed by atoms with Crippen molar-refractivity contribution in [3.8, 4) is 0 Å². The highest BCUT2D eigenvalue weighted by molar-refractivity contribution is 7.89. The molecule has 3 N–H and O–H groups in total. The average Bonchev–Trinajstić information content (AvgIpc) is 2.64. The van der Waals surface area contributed by atoms with E-state index in [9.17, 15) is 22.4 Å². The summed E-state index contributed by atoms with van der Waals surface area (Å²) in [6.45, 7) is 0.0814. The molecule has 0 saturated carbocycles. The van der Waals surface area contributed by atoms with Crippen LogP contribution in [0.3, 0.4) is 0 Å². The van der Waals surface area contributed by atoms with E-state index in [-0.39, 0.29) is 28.3 Å². The number of carbonyl (C=O) groups is 1. The molecule has 1 heterocycles. The summed E-state index contributed by atoms with van der Waals surface area (Å²) in [6, 6.07) is 9.68. The topological polar surface area (TPSA) is 124 Å². The number of hydrogen-bond acceptors (Lipinski definition) is 5. The largest absolute Gasteiger partial charge is 0.354 e. The number of nitrogens with one attached hydrogen (secondary N) is 1. The predicted octanol–water partition coefficient (Wildman–Crippen LogP) is 0.542. The SMILES string of the molecule is NS(=O)(=O)c1ccc(CCNC(=O)Cn2cnc3cc(F)ccc3c2=O)cc1. The number of aromatic nitrogens is 2. The Morgan fingerprint density at radius 3 is 2.57 bits per heavy atom. The van der Waals surface area contributed by atoms with Crippen molar-refractivity contribution in [1.29, 1.82) is 0 Å². The highest BCUT2D eigenvalue weighted by Gasteiger charge is 2.09. The number of nitrogens with zero attached hydrogens (tertiary/aromatic N) is 2. The van der Waals surface area contributed by atoms with Gasteiger partial charge in [-0.1, -0.05) is 12.1 Å². The molecule has 1 aromatic heterocycles. The maximum absolute atomic E-state index is 13.2. The maximum Gasteiger partial charge on any atom is 0.261 e. The van der Waals surface area contributed by atoms with Gasteiger partial charge in [-0.15, -0.1) is 0 Å². The fourth-order valence-electron chi connectivity index (χ4n) is 2.65. The molecule has 1 amide bonds. The molecule has 0 aliphatic heterocycles. The normalized spacial score (nSPS) is 11.5. The predicted molar refractivity (Wildman–Crippen MR) is 100 cm³/mol. The lowest BCUT2D eigenvalue weighted by Gasteiger charge is -2.08. The molecule has 0 radical (unpaired) electrons. The van der Waals surface area contributed by atoms with Crippen LogP contribution in [0.1, 0.15) is 5.56 Å². The van der Waals surface area contributed by atoms with Crippen LogP contribution in [0.2, 0.25) is 0 Å². The number of carbonyl (C=O) groups excluding carboxylic acids is 1. The van der Waals surface area contributed by atoms with E-state index in [0.29, 0.717) is 13.0 Å². The first kappa shape index (κ1) is 19.6. The van der Waals surface area contributed by atoms with E-state index in [2.05, 4.69) is 10.3 Å². The summed E-state index contributed by atoms with van der Waals surface area (Å²) in [6.07, 6.45) is 1.68. The first-order valence-corrected chi connectivity index (χ1v) is 9.82. The molecule has 0 bridgehead atoms. The van der Waals surface area contributed by atoms with Crippen molar-refractivity contribution in [2.75, 3.05) is 6.54 Å². The van der Waals surface area contributed by atoms with Gasteiger partial charge in [0.25, 0.3) is 5.56 Å². The van der Waals surface area contributed by atoms with Crippen molar-refractivity contribution in [2.24, 2.45) is 5.14 Å². The van der Waals surface area contributed by atoms with Gasteiger partial charge in [0.15, 0.2) is 0 Å². The molecule has 0 spiro atoms. The second-order valence-electron chi connectivity index (χ2n) is 6.13. The summed E-state index contributed by atoms with van der Waals surface area (Å²) in [5.74, 6) is -0.876. The van der Waals surface area contributed by atoms with Gasteiger partial charge in [-0.2, -0.15) is 0 Å². The number of nitrogens with two attached hydrogens (primary N) is 1. The monoisotopic (exact) mass is 404 g/mol. The standard InChI is InChI=1S/C18H17FN4O4S/c19-13-3-6-15-16(9-13)22-11-23(18(15)25)10-17(24)21-8-7-12-1-4-14(5-2-12)28(20,26)27/h1-6,9,11H,7-8,10H2,(H,21,24)(H2,20,26,27). The van der Waals surface area contributed by atoms with Crippen LogP contribution < -0.4 is 16.0 Å². The number of halogens is 1. The third-order valence-corrected chi connectivity index (χ3v) is 5.02. The Morgan fingerprint density at radius 2 is 1.89 bits per heavy atom. The molecule has 0 atom stereocenters. The van der Waals surface area contributed by atoms with Crippen LogP contribution in [0.25, 0.3) is 10.9 Å². The number of fused-ring (bicyclic) bond motifs is 1. The third-order valence-electron chi connectivity index (χ3n) is 4.09. The van der Waals surface area contributed by atoms with Gasteiger partial charge in [0.2, 0.25) is 15.9 Å². The number of rotatable bonds is 6. The van der Waals surface area contributed by atoms with E-state index in [1.807, 2.05) is 0 Å². The number of benzene rings is 2. The van der Waals surface area contributed by atoms with E-state index in [0.717, 1.165) is 22.3 Å². The molecule has 0 unspecified atom stereocenters. The summed E-state index contributed by atoms with van der Waals surface area (Å²) in [4.78, 5) is 28.4. The molecule has 0 saturated heterocycles. The van der Waals surface area contributed by atoms with Crippen LogP contribution >= 0.6 is 0 Å². The lowest BCUT2D eigenvalue weighted by Crippen LogP contribution is -2.33. The summed E-state index contributed by atoms with van der Waals surface area (Å²) in [5.41, 5.74) is 0.614. The van der Waals surface area contributed by atoms with Gasteiger partial charge in [0.05, 0.1) is 22.1 Å². The number of amides is 1. The lowest BCUT2D eigenvalue weighted by molar-refractivity contribution is -0.121. The van der Waals surface area contributed by atoms with Crippen molar-refractivity contribution in [3.63, 3.8) is 0 Å². The Kier molecular flexibility index (Phi) is 5.52. The number of hydrogen-bond donors (Lipinski definition) is 2. The molecule has 3 rings (SSSR count). The van der Waals surface area contributed by atoms with Gasteiger partial charge in [0, 0.05) is 12.6 Å². The van der Waals surface area contributed by atoms with Crippen LogP contribution in [0, 0.1) is 5.82 Å². The van der Waals surface area contributed by atoms with Crippen molar-refractivity contribution < 1.29 is 17.6 Å². The zero-order valence-electron chi connectivity index (χ0n) is 14.6. The molecular weight excluding hydrogens is 387 g/mol. The molecule has 0 aliphatic carbocycles. The molecular formula is C18H17FN4O4S. The highest BCUT2D eigenvalue weighted by Crippen LogP contribution is 2.09. The third kappa shape index (κ3) is 4.59. The van der Waals surface area contributed by atoms with Gasteiger partial charge in [0.1, 0.15) is 12.4 Å². The number of primary sulfonamides is 1. The van der Waals surface area contributed by atoms with Crippen LogP contribution in [-0.2, 0) is 27.8 Å². The average molecular weight is 404 g/mol. The molecule has 146 valence electrons. The Balaban J connectivity index is 1.59. The molecule has 8 nitrogen and oxygen atoms in total. The second kappa shape index (κ2) is 7.87. The van der Waals surface area contributed by atoms with Gasteiger partial charge in [-0.25, -0.2) is 22.9 Å². The van der Waals surface area contributed by atoms with Crippen LogP contribution in [0.15, 0.2) is 58.5 Å². The van der Waals surface area contributed by atoms with E-state index in [1.165, 1.54) is 24.5 Å². The zero-order chi connectivity index (χ0) is 20.3. The maximum atomic E-state index is 13.2. The summed E-state index contributed by atoms with van der Waals surface area (Å²) >= 11 is 0. The Morgan fingerprint density at radius 1 is 1.18 bits per heavy atom. The van der Waals surface area contributed by atoms with E-state index in [4.69, 9.17) is 5.14 Å². The van der Waals surface area contributed by atoms with Crippen LogP contribution in [-0.4, -0.2) is 30.4 Å². The Hall–Kier alpha value is -3.11. The Bertz CT molecular complexity index is 1190. The van der Waals surface area contributed by atoms with Crippen molar-refractivity contribution in [2.45, 2.75) is 17.9 Å². The summed E-state index contributed by atoms with van der Waals surface area (Å²) in [5, 5.41) is 7.95. The van der Waals surface area contributed by atoms with Crippen LogP contribution in [0.5, 0.6) is 0 Å². The van der Waals surface area contributed by atoms with E-state index >= 15 is 0 Å². The lowest BCUT2D eigenvalue weighted by atomic mass is 10.1. The number of sulfonamides is 1. The molecule has 0 fully saturated rings. The van der Waals surface area contributed by atoms with Gasteiger partial charge in [-0.05, 0) is 36.2 Å². The first-order valence-electron chi connectivity index (χ1n) is 8.27. The Labute approximate surface area is 159 Å². The van der Waals surface area contributed by atoms with Gasteiger partial charge < -0.3 is 5.32 Å². The summed E-state index contributed by atoms with van der Waals surface area (Å²) in [7, 11) is -3.74. The molecule has 28 heavy (non-hydrogen) atoms. The first-order chi connectivity index (χ1) is 13.2. The van der Waals surface area contributed by atoms with E-state index < -0.39 is 21.4 Å². The zero-order valence-corrected chi connectivity index (χ0v) is 15.4. The smallest absolute Gasteiger partial charge is 0.261 e. The van der Waals surface area contributed by atoms with Gasteiger partial charge in [-0.3, -0.25) is 14.2 Å². The minimum Gasteiger partial charge on any atom is -0.354 e. The molecule has 10 heteroatoms. The molecule has 2 aromatic carbocycles. The fourth-order valence-corrected chi connectivity index (χ4v) is 3.16. The quantitative estimate of drug-likeness (QED) is 0.621. The summed E-state index contributed by atoms with van der Waals surface area (Å²) < 4.78 is 36.8. The minimum atomic E-state index is -3.74. The molecule has 3 aromatic rings. The second-order valence-corrected chi connectivity index (χ2v) is 7.69. The van der Waals surface area contributed by atoms with Gasteiger partial charge >= 0.3 is 0 Å². The van der Waals surface area contributed by atoms with E-state index in [1.54, 1.807) is 12.1 Å². The minimum absolute atomic E-state index is 0.0170. The van der Waals surface area contributed by atoms with Crippen molar-refractivity contribution >= 4 is 26.8 Å². The highest BCUT2D eigenvalue weighted by atomic mass is 32.2.